The number of rotatable bonds is 9. The lowest BCUT2D eigenvalue weighted by Crippen LogP contribution is -2.34. The molecule has 2 heterocycles. The van der Waals surface area contributed by atoms with Crippen LogP contribution in [0, 0.1) is 0 Å². The average molecular weight is 546 g/mol. The number of aromatic nitrogens is 1. The Balaban J connectivity index is 1.61. The van der Waals surface area contributed by atoms with Gasteiger partial charge in [0.2, 0.25) is 10.0 Å². The molecule has 1 amide bonds. The summed E-state index contributed by atoms with van der Waals surface area (Å²) in [6, 6.07) is 11.7. The highest BCUT2D eigenvalue weighted by atomic mass is 32.2. The van der Waals surface area contributed by atoms with Gasteiger partial charge < -0.3 is 14.0 Å². The number of amides is 1. The van der Waals surface area contributed by atoms with E-state index in [-0.39, 0.29) is 36.3 Å². The number of carbonyl (C=O) groups excluding carboxylic acids is 2. The van der Waals surface area contributed by atoms with Gasteiger partial charge in [-0.2, -0.15) is 9.30 Å². The van der Waals surface area contributed by atoms with Gasteiger partial charge in [-0.05, 0) is 68.1 Å². The first-order chi connectivity index (χ1) is 17.7. The van der Waals surface area contributed by atoms with Crippen molar-refractivity contribution in [3.63, 3.8) is 0 Å². The molecule has 0 bridgehead atoms. The van der Waals surface area contributed by atoms with Gasteiger partial charge in [0.15, 0.2) is 4.80 Å². The topological polar surface area (TPSA) is 107 Å². The average Bonchev–Trinajstić information content (AvgIpc) is 3.51. The van der Waals surface area contributed by atoms with Crippen molar-refractivity contribution in [3.05, 3.63) is 58.4 Å². The van der Waals surface area contributed by atoms with Gasteiger partial charge >= 0.3 is 5.97 Å². The molecular weight excluding hydrogens is 514 g/mol. The highest BCUT2D eigenvalue weighted by Crippen LogP contribution is 2.21. The quantitative estimate of drug-likeness (QED) is 0.382. The third-order valence-electron chi connectivity index (χ3n) is 6.24. The van der Waals surface area contributed by atoms with Crippen molar-refractivity contribution < 1.29 is 27.5 Å². The highest BCUT2D eigenvalue weighted by molar-refractivity contribution is 7.89. The number of hydrogen-bond acceptors (Lipinski definition) is 7. The van der Waals surface area contributed by atoms with Crippen molar-refractivity contribution in [1.29, 1.82) is 0 Å². The second kappa shape index (κ2) is 11.7. The Bertz CT molecular complexity index is 1450. The van der Waals surface area contributed by atoms with Gasteiger partial charge in [-0.25, -0.2) is 8.42 Å². The summed E-state index contributed by atoms with van der Waals surface area (Å²) in [6.45, 7) is 4.91. The lowest BCUT2D eigenvalue weighted by atomic mass is 10.2. The number of benzene rings is 2. The number of likely N-dealkylation sites (N-methyl/N-ethyl adjacent to an activating group) is 1. The number of aryl methyl sites for hydroxylation is 1. The molecule has 1 aliphatic heterocycles. The number of ether oxygens (including phenoxy) is 2. The van der Waals surface area contributed by atoms with Crippen LogP contribution in [0.4, 0.5) is 0 Å². The molecule has 9 nitrogen and oxygen atoms in total. The molecule has 1 saturated heterocycles. The largest absolute Gasteiger partial charge is 0.465 e. The van der Waals surface area contributed by atoms with Gasteiger partial charge in [0, 0.05) is 25.8 Å². The van der Waals surface area contributed by atoms with E-state index in [0.717, 1.165) is 35.0 Å². The fraction of sp³-hybridized carbons (Fsp3) is 0.423. The van der Waals surface area contributed by atoms with Crippen LogP contribution < -0.4 is 4.80 Å². The summed E-state index contributed by atoms with van der Waals surface area (Å²) in [5.74, 6) is -0.950. The van der Waals surface area contributed by atoms with Crippen molar-refractivity contribution in [2.45, 2.75) is 50.7 Å². The molecule has 0 aliphatic carbocycles. The molecule has 3 aromatic rings. The van der Waals surface area contributed by atoms with Gasteiger partial charge in [0.05, 0.1) is 27.8 Å². The molecule has 0 spiro atoms. The monoisotopic (exact) mass is 545 g/mol. The van der Waals surface area contributed by atoms with E-state index in [1.807, 2.05) is 18.2 Å². The maximum absolute atomic E-state index is 13.0. The fourth-order valence-electron chi connectivity index (χ4n) is 4.19. The summed E-state index contributed by atoms with van der Waals surface area (Å²) >= 11 is 1.32. The summed E-state index contributed by atoms with van der Waals surface area (Å²) in [5, 5.41) is 0. The van der Waals surface area contributed by atoms with Crippen molar-refractivity contribution in [1.82, 2.24) is 8.87 Å². The Morgan fingerprint density at radius 1 is 1.19 bits per heavy atom. The van der Waals surface area contributed by atoms with Crippen LogP contribution in [0.15, 0.2) is 52.4 Å². The Hall–Kier alpha value is -2.86. The molecule has 198 valence electrons. The Morgan fingerprint density at radius 2 is 1.95 bits per heavy atom. The molecular formula is C26H31N3O6S2. The lowest BCUT2D eigenvalue weighted by molar-refractivity contribution is -0.143. The predicted molar refractivity (Wildman–Crippen MR) is 141 cm³/mol. The molecule has 4 rings (SSSR count). The minimum atomic E-state index is -3.72. The van der Waals surface area contributed by atoms with E-state index in [1.54, 1.807) is 11.5 Å². The van der Waals surface area contributed by atoms with Crippen LogP contribution in [0.25, 0.3) is 10.2 Å². The summed E-state index contributed by atoms with van der Waals surface area (Å²) < 4.78 is 40.4. The minimum Gasteiger partial charge on any atom is -0.465 e. The Morgan fingerprint density at radius 3 is 2.59 bits per heavy atom. The maximum Gasteiger partial charge on any atom is 0.326 e. The van der Waals surface area contributed by atoms with E-state index in [0.29, 0.717) is 11.4 Å². The summed E-state index contributed by atoms with van der Waals surface area (Å²) in [4.78, 5) is 30.0. The third-order valence-corrected chi connectivity index (χ3v) is 9.12. The second-order valence-electron chi connectivity index (χ2n) is 8.79. The molecule has 0 radical (unpaired) electrons. The third kappa shape index (κ3) is 6.18. The second-order valence-corrected chi connectivity index (χ2v) is 11.8. The number of sulfonamides is 1. The van der Waals surface area contributed by atoms with Gasteiger partial charge in [-0.1, -0.05) is 24.3 Å². The predicted octanol–water partition coefficient (Wildman–Crippen LogP) is 3.37. The van der Waals surface area contributed by atoms with Gasteiger partial charge in [-0.3, -0.25) is 9.59 Å². The van der Waals surface area contributed by atoms with Crippen LogP contribution in [0.3, 0.4) is 0 Å². The molecule has 37 heavy (non-hydrogen) atoms. The molecule has 1 aliphatic rings. The van der Waals surface area contributed by atoms with E-state index in [4.69, 9.17) is 9.47 Å². The number of fused-ring (bicyclic) bond motifs is 1. The van der Waals surface area contributed by atoms with E-state index in [1.165, 1.54) is 47.0 Å². The SMILES string of the molecule is CCOC(=O)Cn1c(=NC(=O)c2ccc(S(=O)(=O)N(C)CC3CCCO3)cc2)sc2cc(CC)ccc21. The van der Waals surface area contributed by atoms with Crippen LogP contribution in [0.5, 0.6) is 0 Å². The molecule has 1 unspecified atom stereocenters. The zero-order valence-corrected chi connectivity index (χ0v) is 22.8. The van der Waals surface area contributed by atoms with E-state index in [2.05, 4.69) is 11.9 Å². The summed E-state index contributed by atoms with van der Waals surface area (Å²) in [5.41, 5.74) is 2.17. The zero-order valence-electron chi connectivity index (χ0n) is 21.2. The van der Waals surface area contributed by atoms with Crippen LogP contribution in [0.1, 0.15) is 42.6 Å². The first kappa shape index (κ1) is 27.2. The first-order valence-corrected chi connectivity index (χ1v) is 14.5. The number of carbonyl (C=O) groups is 2. The molecule has 11 heteroatoms. The summed E-state index contributed by atoms with van der Waals surface area (Å²) in [6.07, 6.45) is 2.52. The van der Waals surface area contributed by atoms with Crippen LogP contribution in [0.2, 0.25) is 0 Å². The van der Waals surface area contributed by atoms with E-state index in [9.17, 15) is 18.0 Å². The smallest absolute Gasteiger partial charge is 0.326 e. The zero-order chi connectivity index (χ0) is 26.6. The van der Waals surface area contributed by atoms with Crippen LogP contribution in [-0.4, -0.2) is 62.1 Å². The molecule has 1 aromatic heterocycles. The van der Waals surface area contributed by atoms with Crippen LogP contribution >= 0.6 is 11.3 Å². The number of hydrogen-bond donors (Lipinski definition) is 0. The van der Waals surface area contributed by atoms with Crippen LogP contribution in [-0.2, 0) is 37.3 Å². The van der Waals surface area contributed by atoms with E-state index >= 15 is 0 Å². The fourth-order valence-corrected chi connectivity index (χ4v) is 6.48. The van der Waals surface area contributed by atoms with Gasteiger partial charge in [0.1, 0.15) is 6.54 Å². The standard InChI is InChI=1S/C26H31N3O6S2/c1-4-18-8-13-22-23(15-18)36-26(29(22)17-24(30)34-5-2)27-25(31)19-9-11-21(12-10-19)37(32,33)28(3)16-20-7-6-14-35-20/h8-13,15,20H,4-7,14,16-17H2,1-3H3. The van der Waals surface area contributed by atoms with Crippen molar-refractivity contribution in [3.8, 4) is 0 Å². The van der Waals surface area contributed by atoms with Gasteiger partial charge in [0.25, 0.3) is 5.91 Å². The first-order valence-electron chi connectivity index (χ1n) is 12.3. The lowest BCUT2D eigenvalue weighted by Gasteiger charge is -2.20. The molecule has 2 aromatic carbocycles. The maximum atomic E-state index is 13.0. The van der Waals surface area contributed by atoms with Gasteiger partial charge in [-0.15, -0.1) is 0 Å². The van der Waals surface area contributed by atoms with Crippen molar-refractivity contribution in [2.24, 2.45) is 4.99 Å². The number of esters is 1. The van der Waals surface area contributed by atoms with Crippen molar-refractivity contribution in [2.75, 3.05) is 26.8 Å². The van der Waals surface area contributed by atoms with E-state index < -0.39 is 21.9 Å². The molecule has 1 fully saturated rings. The highest BCUT2D eigenvalue weighted by Gasteiger charge is 2.26. The normalized spacial score (nSPS) is 16.5. The molecule has 0 N–H and O–H groups in total. The molecule has 1 atom stereocenters. The van der Waals surface area contributed by atoms with Crippen molar-refractivity contribution >= 4 is 43.5 Å². The molecule has 0 saturated carbocycles. The number of nitrogens with zero attached hydrogens (tertiary/aromatic N) is 3. The minimum absolute atomic E-state index is 0.0698. The Kier molecular flexibility index (Phi) is 8.58. The number of thiazole rings is 1. The Labute approximate surface area is 220 Å². The summed E-state index contributed by atoms with van der Waals surface area (Å²) in [7, 11) is -2.19.